The smallest absolute Gasteiger partial charge is 0.0541 e. The van der Waals surface area contributed by atoms with Crippen molar-refractivity contribution < 1.29 is 0 Å². The Balaban J connectivity index is 0.763. The Labute approximate surface area is 362 Å². The van der Waals surface area contributed by atoms with Gasteiger partial charge < -0.3 is 4.57 Å². The van der Waals surface area contributed by atoms with Gasteiger partial charge in [0.2, 0.25) is 0 Å². The summed E-state index contributed by atoms with van der Waals surface area (Å²) in [5.74, 6) is 0.389. The molecule has 11 aromatic rings. The summed E-state index contributed by atoms with van der Waals surface area (Å²) in [6.07, 6.45) is 6.56. The lowest BCUT2D eigenvalue weighted by Crippen LogP contribution is -1.99. The first-order chi connectivity index (χ1) is 30.7. The van der Waals surface area contributed by atoms with E-state index in [1.54, 1.807) is 0 Å². The van der Waals surface area contributed by atoms with Gasteiger partial charge in [-0.25, -0.2) is 0 Å². The van der Waals surface area contributed by atoms with Gasteiger partial charge in [-0.1, -0.05) is 194 Å². The number of aryl methyl sites for hydroxylation is 1. The first-order valence-corrected chi connectivity index (χ1v) is 21.8. The Bertz CT molecular complexity index is 3500. The van der Waals surface area contributed by atoms with Gasteiger partial charge in [-0.2, -0.15) is 0 Å². The lowest BCUT2D eigenvalue weighted by molar-refractivity contribution is 0.729. The Morgan fingerprint density at radius 3 is 1.63 bits per heavy atom. The number of benzene rings is 10. The third-order valence-electron chi connectivity index (χ3n) is 13.2. The first kappa shape index (κ1) is 36.1. The number of hydrogen-bond acceptors (Lipinski definition) is 0. The van der Waals surface area contributed by atoms with Crippen LogP contribution in [0, 0.1) is 0 Å². The molecule has 0 radical (unpaired) electrons. The SMILES string of the molecule is C(=Cc1ccc(-n2c3ccccc3c3cc(-c4cccc5ccccc45)ccc32)cc1)c1ccc(CCC2c3ccccc3-c3cc(-c4cccc5ccccc45)ccc32)cc1. The van der Waals surface area contributed by atoms with Gasteiger partial charge in [0, 0.05) is 22.4 Å². The van der Waals surface area contributed by atoms with Crippen molar-refractivity contribution in [3.63, 3.8) is 0 Å². The van der Waals surface area contributed by atoms with Crippen molar-refractivity contribution in [2.45, 2.75) is 18.8 Å². The maximum atomic E-state index is 2.43. The number of nitrogens with zero attached hydrogens (tertiary/aromatic N) is 1. The summed E-state index contributed by atoms with van der Waals surface area (Å²) in [4.78, 5) is 0. The third-order valence-corrected chi connectivity index (χ3v) is 13.2. The van der Waals surface area contributed by atoms with E-state index in [2.05, 4.69) is 235 Å². The van der Waals surface area contributed by atoms with Crippen molar-refractivity contribution in [3.05, 3.63) is 246 Å². The molecule has 292 valence electrons. The van der Waals surface area contributed by atoms with Gasteiger partial charge in [-0.3, -0.25) is 0 Å². The van der Waals surface area contributed by atoms with E-state index < -0.39 is 0 Å². The second-order valence-corrected chi connectivity index (χ2v) is 16.8. The Morgan fingerprint density at radius 1 is 0.371 bits per heavy atom. The van der Waals surface area contributed by atoms with Crippen LogP contribution in [-0.2, 0) is 6.42 Å². The molecule has 1 atom stereocenters. The molecular weight excluding hydrogens is 747 g/mol. The lowest BCUT2D eigenvalue weighted by Gasteiger charge is -2.15. The summed E-state index contributed by atoms with van der Waals surface area (Å²) < 4.78 is 2.40. The molecule has 1 aromatic heterocycles. The van der Waals surface area contributed by atoms with E-state index in [4.69, 9.17) is 0 Å². The third kappa shape index (κ3) is 6.25. The first-order valence-electron chi connectivity index (χ1n) is 21.8. The van der Waals surface area contributed by atoms with Gasteiger partial charge in [-0.05, 0) is 132 Å². The van der Waals surface area contributed by atoms with Crippen LogP contribution >= 0.6 is 0 Å². The normalized spacial score (nSPS) is 13.4. The van der Waals surface area contributed by atoms with E-state index in [0.717, 1.165) is 18.5 Å². The summed E-state index contributed by atoms with van der Waals surface area (Å²) in [5.41, 5.74) is 18.1. The summed E-state index contributed by atoms with van der Waals surface area (Å²) in [6, 6.07) is 80.6. The number of fused-ring (bicyclic) bond motifs is 8. The zero-order valence-electron chi connectivity index (χ0n) is 34.4. The van der Waals surface area contributed by atoms with Crippen LogP contribution < -0.4 is 0 Å². The average molecular weight is 790 g/mol. The number of hydrogen-bond donors (Lipinski definition) is 0. The molecule has 0 fully saturated rings. The molecule has 1 unspecified atom stereocenters. The molecule has 1 heterocycles. The minimum absolute atomic E-state index is 0.389. The molecule has 1 aliphatic carbocycles. The summed E-state index contributed by atoms with van der Waals surface area (Å²) in [7, 11) is 0. The van der Waals surface area contributed by atoms with Gasteiger partial charge in [-0.15, -0.1) is 0 Å². The molecule has 1 aliphatic rings. The zero-order valence-corrected chi connectivity index (χ0v) is 34.4. The van der Waals surface area contributed by atoms with Gasteiger partial charge >= 0.3 is 0 Å². The van der Waals surface area contributed by atoms with E-state index in [1.165, 1.54) is 105 Å². The van der Waals surface area contributed by atoms with Crippen LogP contribution in [0.25, 0.3) is 94.6 Å². The minimum Gasteiger partial charge on any atom is -0.309 e. The highest BCUT2D eigenvalue weighted by atomic mass is 15.0. The molecule has 0 amide bonds. The van der Waals surface area contributed by atoms with Crippen molar-refractivity contribution in [2.24, 2.45) is 0 Å². The molecule has 0 aliphatic heterocycles. The molecule has 62 heavy (non-hydrogen) atoms. The number of aromatic nitrogens is 1. The van der Waals surface area contributed by atoms with Crippen LogP contribution in [0.2, 0.25) is 0 Å². The lowest BCUT2D eigenvalue weighted by atomic mass is 9.89. The fourth-order valence-corrected chi connectivity index (χ4v) is 10.2. The molecule has 0 saturated heterocycles. The van der Waals surface area contributed by atoms with Crippen molar-refractivity contribution >= 4 is 55.5 Å². The van der Waals surface area contributed by atoms with E-state index in [-0.39, 0.29) is 0 Å². The average Bonchev–Trinajstić information content (AvgIpc) is 3.84. The maximum absolute atomic E-state index is 2.43. The Kier molecular flexibility index (Phi) is 8.78. The van der Waals surface area contributed by atoms with Crippen molar-refractivity contribution in [3.8, 4) is 39.1 Å². The number of rotatable bonds is 8. The van der Waals surface area contributed by atoms with Crippen LogP contribution in [0.4, 0.5) is 0 Å². The highest BCUT2D eigenvalue weighted by molar-refractivity contribution is 6.11. The van der Waals surface area contributed by atoms with Crippen LogP contribution in [0.15, 0.2) is 218 Å². The molecule has 10 aromatic carbocycles. The van der Waals surface area contributed by atoms with Gasteiger partial charge in [0.15, 0.2) is 0 Å². The molecule has 1 heteroatoms. The second kappa shape index (κ2) is 15.1. The largest absolute Gasteiger partial charge is 0.309 e. The van der Waals surface area contributed by atoms with Gasteiger partial charge in [0.1, 0.15) is 0 Å². The highest BCUT2D eigenvalue weighted by Crippen LogP contribution is 2.48. The zero-order chi connectivity index (χ0) is 41.0. The van der Waals surface area contributed by atoms with Gasteiger partial charge in [0.05, 0.1) is 11.0 Å². The maximum Gasteiger partial charge on any atom is 0.0541 e. The molecule has 0 bridgehead atoms. The summed E-state index contributed by atoms with van der Waals surface area (Å²) in [6.45, 7) is 0. The fourth-order valence-electron chi connectivity index (χ4n) is 10.2. The molecule has 0 N–H and O–H groups in total. The predicted molar refractivity (Wildman–Crippen MR) is 264 cm³/mol. The van der Waals surface area contributed by atoms with Crippen molar-refractivity contribution in [1.82, 2.24) is 4.57 Å². The van der Waals surface area contributed by atoms with Crippen LogP contribution in [0.5, 0.6) is 0 Å². The minimum atomic E-state index is 0.389. The number of para-hydroxylation sites is 1. The second-order valence-electron chi connectivity index (χ2n) is 16.8. The molecule has 0 spiro atoms. The van der Waals surface area contributed by atoms with Gasteiger partial charge in [0.25, 0.3) is 0 Å². The topological polar surface area (TPSA) is 4.93 Å². The Hall–Kier alpha value is -7.74. The van der Waals surface area contributed by atoms with Crippen molar-refractivity contribution in [1.29, 1.82) is 0 Å². The highest BCUT2D eigenvalue weighted by Gasteiger charge is 2.28. The molecular formula is C61H43N. The summed E-state index contributed by atoms with van der Waals surface area (Å²) in [5, 5.41) is 7.66. The molecule has 0 saturated carbocycles. The molecule has 12 rings (SSSR count). The fraction of sp³-hybridized carbons (Fsp3) is 0.0492. The van der Waals surface area contributed by atoms with E-state index in [1.807, 2.05) is 0 Å². The van der Waals surface area contributed by atoms with E-state index >= 15 is 0 Å². The Morgan fingerprint density at radius 2 is 0.903 bits per heavy atom. The van der Waals surface area contributed by atoms with E-state index in [9.17, 15) is 0 Å². The monoisotopic (exact) mass is 789 g/mol. The summed E-state index contributed by atoms with van der Waals surface area (Å²) >= 11 is 0. The quantitative estimate of drug-likeness (QED) is 0.135. The predicted octanol–water partition coefficient (Wildman–Crippen LogP) is 16.3. The molecule has 1 nitrogen and oxygen atoms in total. The standard InChI is InChI=1S/C61H43N/c1-3-15-49-44(11-1)13-9-20-51(49)46-32-37-56-55(53-17-5-6-18-54(53)58(56)39-46)36-31-42-26-23-41(24-27-42)25-28-43-29-34-48(35-30-43)62-60-22-8-7-19-57(60)59-40-47(33-38-61(59)62)52-21-10-14-45-12-2-4-16-50(45)52/h1-30,32-35,37-40,55H,31,36H2. The van der Waals surface area contributed by atoms with Crippen LogP contribution in [0.3, 0.4) is 0 Å². The van der Waals surface area contributed by atoms with Crippen LogP contribution in [0.1, 0.15) is 40.2 Å². The van der Waals surface area contributed by atoms with Crippen molar-refractivity contribution in [2.75, 3.05) is 0 Å². The van der Waals surface area contributed by atoms with Crippen LogP contribution in [-0.4, -0.2) is 4.57 Å². The van der Waals surface area contributed by atoms with E-state index in [0.29, 0.717) is 5.92 Å².